The minimum Gasteiger partial charge on any atom is -0.476 e. The zero-order chi connectivity index (χ0) is 43.6. The summed E-state index contributed by atoms with van der Waals surface area (Å²) in [6, 6.07) is 25.1. The van der Waals surface area contributed by atoms with E-state index in [9.17, 15) is 19.2 Å². The standard InChI is InChI=1S/C23H20BrN5O2.C15H17N3O.C8H5BrN2O2/c24-14-5-6-19-18(11-25-29(19)12-14)21(30)26-15-9-23(10-15)7-13(8-23)20-16-3-1-2-4-17(16)22(31)28-27-20;16-10-7-15(8-10)5-9(6-15)13-11-3-1-2-4-12(11)14(19)18-17-13;9-4-1-2-5-6(3-4)10-11-7(5)8(12)13/h1-6,11-13,15H,7-10H2,(H,26,30)(H,28,31);1-4,9-10H,5-8,16H2,(H,18,19);1-3H,(H,10,11)(H,12,13). The van der Waals surface area contributed by atoms with Crippen LogP contribution in [0.15, 0.2) is 110 Å². The number of benzene rings is 3. The van der Waals surface area contributed by atoms with Crippen LogP contribution in [0.3, 0.4) is 0 Å². The molecule has 3 aromatic carbocycles. The number of aromatic carboxylic acids is 1. The second-order valence-electron chi connectivity index (χ2n) is 17.7. The molecule has 0 saturated heterocycles. The number of carbonyl (C=O) groups excluding carboxylic acids is 1. The van der Waals surface area contributed by atoms with Crippen molar-refractivity contribution in [2.45, 2.75) is 75.3 Å². The summed E-state index contributed by atoms with van der Waals surface area (Å²) in [7, 11) is 0. The molecule has 0 unspecified atom stereocenters. The number of carboxylic acids is 1. The maximum Gasteiger partial charge on any atom is 0.357 e. The van der Waals surface area contributed by atoms with Crippen LogP contribution in [0.1, 0.15) is 95.4 Å². The van der Waals surface area contributed by atoms with Gasteiger partial charge in [-0.25, -0.2) is 19.5 Å². The SMILES string of the molecule is NC1CC2(C1)CC(c1n[nH]c(=O)c3ccccc13)C2.O=C(NC1CC2(C1)CC(c1n[nH]c(=O)c3ccccc13)C2)c1cnn2cc(Br)ccc12.O=C(O)c1n[nH]c2cc(Br)ccc12. The Morgan fingerprint density at radius 3 is 1.83 bits per heavy atom. The molecule has 7 N–H and O–H groups in total. The molecule has 1 amide bonds. The average Bonchev–Trinajstić information content (AvgIpc) is 3.85. The maximum absolute atomic E-state index is 12.8. The van der Waals surface area contributed by atoms with Crippen molar-refractivity contribution in [3.63, 3.8) is 0 Å². The molecule has 0 aliphatic heterocycles. The molecule has 17 heteroatoms. The van der Waals surface area contributed by atoms with Gasteiger partial charge < -0.3 is 16.2 Å². The number of rotatable bonds is 5. The largest absolute Gasteiger partial charge is 0.476 e. The lowest BCUT2D eigenvalue weighted by Gasteiger charge is -2.57. The van der Waals surface area contributed by atoms with Gasteiger partial charge in [-0.2, -0.15) is 20.4 Å². The van der Waals surface area contributed by atoms with E-state index in [0.29, 0.717) is 45.1 Å². The molecule has 2 spiro atoms. The Labute approximate surface area is 375 Å². The van der Waals surface area contributed by atoms with Crippen LogP contribution in [0, 0.1) is 10.8 Å². The van der Waals surface area contributed by atoms with Crippen LogP contribution < -0.4 is 22.2 Å². The monoisotopic (exact) mass is 972 g/mol. The molecule has 63 heavy (non-hydrogen) atoms. The van der Waals surface area contributed by atoms with Crippen LogP contribution in [0.4, 0.5) is 0 Å². The van der Waals surface area contributed by atoms with Crippen molar-refractivity contribution in [2.75, 3.05) is 0 Å². The molecular formula is C46H42Br2N10O5. The lowest BCUT2D eigenvalue weighted by atomic mass is 9.49. The lowest BCUT2D eigenvalue weighted by molar-refractivity contribution is -0.0196. The predicted molar refractivity (Wildman–Crippen MR) is 245 cm³/mol. The van der Waals surface area contributed by atoms with Crippen LogP contribution in [0.25, 0.3) is 38.0 Å². The number of carbonyl (C=O) groups is 2. The minimum atomic E-state index is -1.02. The zero-order valence-electron chi connectivity index (χ0n) is 33.8. The Hall–Kier alpha value is -6.04. The number of H-pyrrole nitrogens is 3. The first-order valence-corrected chi connectivity index (χ1v) is 22.5. The Morgan fingerprint density at radius 1 is 0.698 bits per heavy atom. The number of hydrogen-bond donors (Lipinski definition) is 6. The third-order valence-electron chi connectivity index (χ3n) is 13.5. The van der Waals surface area contributed by atoms with E-state index in [4.69, 9.17) is 10.8 Å². The van der Waals surface area contributed by atoms with E-state index >= 15 is 0 Å². The van der Waals surface area contributed by atoms with Gasteiger partial charge in [0.25, 0.3) is 17.0 Å². The van der Waals surface area contributed by atoms with Gasteiger partial charge in [0.1, 0.15) is 0 Å². The number of hydrogen-bond acceptors (Lipinski definition) is 9. The molecular weight excluding hydrogens is 932 g/mol. The van der Waals surface area contributed by atoms with Crippen LogP contribution in [0.2, 0.25) is 0 Å². The normalized spacial score (nSPS) is 24.4. The number of fused-ring (bicyclic) bond motifs is 4. The molecule has 4 aliphatic carbocycles. The van der Waals surface area contributed by atoms with Gasteiger partial charge in [-0.15, -0.1) is 0 Å². The molecule has 4 saturated carbocycles. The summed E-state index contributed by atoms with van der Waals surface area (Å²) in [4.78, 5) is 47.2. The Bertz CT molecular complexity index is 3200. The second-order valence-corrected chi connectivity index (χ2v) is 19.6. The first kappa shape index (κ1) is 41.0. The van der Waals surface area contributed by atoms with E-state index in [2.05, 4.69) is 72.9 Å². The summed E-state index contributed by atoms with van der Waals surface area (Å²) in [5.41, 5.74) is 10.7. The van der Waals surface area contributed by atoms with Gasteiger partial charge in [-0.1, -0.05) is 52.3 Å². The van der Waals surface area contributed by atoms with Gasteiger partial charge in [0.15, 0.2) is 5.69 Å². The first-order chi connectivity index (χ1) is 30.4. The van der Waals surface area contributed by atoms with Crippen LogP contribution in [-0.4, -0.2) is 69.3 Å². The summed E-state index contributed by atoms with van der Waals surface area (Å²) < 4.78 is 3.51. The second kappa shape index (κ2) is 15.9. The number of aromatic nitrogens is 8. The van der Waals surface area contributed by atoms with Crippen LogP contribution in [0.5, 0.6) is 0 Å². The van der Waals surface area contributed by atoms with E-state index in [0.717, 1.165) is 80.5 Å². The summed E-state index contributed by atoms with van der Waals surface area (Å²) in [6.45, 7) is 0. The highest BCUT2D eigenvalue weighted by Crippen LogP contribution is 2.63. The van der Waals surface area contributed by atoms with Crippen LogP contribution >= 0.6 is 31.9 Å². The van der Waals surface area contributed by atoms with E-state index in [1.165, 1.54) is 12.8 Å². The van der Waals surface area contributed by atoms with Crippen LogP contribution in [-0.2, 0) is 0 Å². The van der Waals surface area contributed by atoms with Gasteiger partial charge >= 0.3 is 5.97 Å². The molecule has 5 aromatic heterocycles. The van der Waals surface area contributed by atoms with Crippen molar-refractivity contribution in [3.05, 3.63) is 144 Å². The zero-order valence-corrected chi connectivity index (χ0v) is 36.9. The Balaban J connectivity index is 0.000000125. The molecule has 4 aliphatic rings. The third-order valence-corrected chi connectivity index (χ3v) is 14.4. The topological polar surface area (TPSA) is 230 Å². The van der Waals surface area contributed by atoms with E-state index < -0.39 is 5.97 Å². The van der Waals surface area contributed by atoms with E-state index in [1.807, 2.05) is 66.9 Å². The Kier molecular flexibility index (Phi) is 10.4. The summed E-state index contributed by atoms with van der Waals surface area (Å²) >= 11 is 6.70. The number of pyridine rings is 1. The van der Waals surface area contributed by atoms with Crippen molar-refractivity contribution < 1.29 is 14.7 Å². The maximum atomic E-state index is 12.8. The van der Waals surface area contributed by atoms with Gasteiger partial charge in [-0.3, -0.25) is 19.5 Å². The molecule has 4 fully saturated rings. The van der Waals surface area contributed by atoms with Crippen molar-refractivity contribution in [1.29, 1.82) is 0 Å². The molecule has 15 nitrogen and oxygen atoms in total. The molecule has 0 radical (unpaired) electrons. The number of carboxylic acid groups (broad SMARTS) is 1. The van der Waals surface area contributed by atoms with Gasteiger partial charge in [0.2, 0.25) is 0 Å². The molecule has 12 rings (SSSR count). The molecule has 5 heterocycles. The van der Waals surface area contributed by atoms with Gasteiger partial charge in [-0.05, 0) is 121 Å². The number of halogens is 2. The Morgan fingerprint density at radius 2 is 1.25 bits per heavy atom. The highest BCUT2D eigenvalue weighted by molar-refractivity contribution is 9.10. The van der Waals surface area contributed by atoms with Crippen molar-refractivity contribution >= 4 is 81.7 Å². The molecule has 8 aromatic rings. The predicted octanol–water partition coefficient (Wildman–Crippen LogP) is 7.72. The summed E-state index contributed by atoms with van der Waals surface area (Å²) in [6.07, 6.45) is 12.2. The smallest absolute Gasteiger partial charge is 0.357 e. The number of nitrogens with zero attached hydrogens (tertiary/aromatic N) is 5. The number of aromatic amines is 3. The fraction of sp³-hybridized carbons (Fsp3) is 0.304. The van der Waals surface area contributed by atoms with Gasteiger partial charge in [0, 0.05) is 55.2 Å². The number of nitrogens with one attached hydrogen (secondary N) is 4. The quantitative estimate of drug-likeness (QED) is 0.0984. The van der Waals surface area contributed by atoms with Crippen molar-refractivity contribution in [1.82, 2.24) is 45.5 Å². The van der Waals surface area contributed by atoms with Gasteiger partial charge in [0.05, 0.1) is 45.0 Å². The van der Waals surface area contributed by atoms with E-state index in [-0.39, 0.29) is 34.2 Å². The van der Waals surface area contributed by atoms with E-state index in [1.54, 1.807) is 28.9 Å². The molecule has 0 bridgehead atoms. The highest BCUT2D eigenvalue weighted by atomic mass is 79.9. The molecule has 320 valence electrons. The first-order valence-electron chi connectivity index (χ1n) is 20.9. The fourth-order valence-electron chi connectivity index (χ4n) is 10.6. The third kappa shape index (κ3) is 7.65. The highest BCUT2D eigenvalue weighted by Gasteiger charge is 2.54. The number of nitrogens with two attached hydrogens (primary N) is 1. The summed E-state index contributed by atoms with van der Waals surface area (Å²) in [5, 5.41) is 40.5. The average molecular weight is 975 g/mol. The minimum absolute atomic E-state index is 0.0579. The lowest BCUT2D eigenvalue weighted by Crippen LogP contribution is -2.55. The number of amides is 1. The molecule has 0 atom stereocenters. The van der Waals surface area contributed by atoms with Crippen molar-refractivity contribution in [3.8, 4) is 0 Å². The fourth-order valence-corrected chi connectivity index (χ4v) is 11.3. The van der Waals surface area contributed by atoms with Crippen molar-refractivity contribution in [2.24, 2.45) is 16.6 Å². The summed E-state index contributed by atoms with van der Waals surface area (Å²) in [5.74, 6) is -0.249.